The first-order chi connectivity index (χ1) is 7.99. The third-order valence-electron chi connectivity index (χ3n) is 2.35. The monoisotopic (exact) mass is 236 g/mol. The van der Waals surface area contributed by atoms with Gasteiger partial charge in [0.25, 0.3) is 0 Å². The van der Waals surface area contributed by atoms with E-state index in [-0.39, 0.29) is 5.78 Å². The first kappa shape index (κ1) is 13.2. The summed E-state index contributed by atoms with van der Waals surface area (Å²) in [5, 5.41) is 8.68. The highest BCUT2D eigenvalue weighted by Crippen LogP contribution is 2.15. The number of ether oxygens (including phenoxy) is 1. The van der Waals surface area contributed by atoms with Gasteiger partial charge in [-0.2, -0.15) is 0 Å². The molecule has 0 spiro atoms. The Morgan fingerprint density at radius 1 is 1.29 bits per heavy atom. The van der Waals surface area contributed by atoms with Crippen LogP contribution in [0.15, 0.2) is 24.3 Å². The van der Waals surface area contributed by atoms with Crippen LogP contribution in [0, 0.1) is 0 Å². The highest BCUT2D eigenvalue weighted by Gasteiger charge is 2.11. The fraction of sp³-hybridized carbons (Fsp3) is 0.385. The molecule has 1 aromatic rings. The van der Waals surface area contributed by atoms with Gasteiger partial charge in [-0.15, -0.1) is 0 Å². The molecule has 1 aromatic carbocycles. The lowest BCUT2D eigenvalue weighted by Crippen LogP contribution is -2.22. The van der Waals surface area contributed by atoms with Gasteiger partial charge in [-0.3, -0.25) is 0 Å². The van der Waals surface area contributed by atoms with Gasteiger partial charge >= 0.3 is 5.97 Å². The second-order valence-corrected chi connectivity index (χ2v) is 3.94. The fourth-order valence-electron chi connectivity index (χ4n) is 1.31. The Morgan fingerprint density at radius 2 is 1.88 bits per heavy atom. The Labute approximate surface area is 100 Å². The zero-order valence-electron chi connectivity index (χ0n) is 9.97. The van der Waals surface area contributed by atoms with E-state index in [4.69, 9.17) is 9.84 Å². The van der Waals surface area contributed by atoms with E-state index in [2.05, 4.69) is 0 Å². The van der Waals surface area contributed by atoms with E-state index in [1.165, 1.54) is 6.92 Å². The Morgan fingerprint density at radius 3 is 2.35 bits per heavy atom. The maximum Gasteiger partial charge on any atom is 0.344 e. The molecular weight excluding hydrogens is 220 g/mol. The molecule has 0 bridgehead atoms. The lowest BCUT2D eigenvalue weighted by molar-refractivity contribution is -0.144. The zero-order chi connectivity index (χ0) is 12.8. The number of aryl methyl sites for hydroxylation is 1. The second kappa shape index (κ2) is 6.03. The van der Waals surface area contributed by atoms with Crippen molar-refractivity contribution >= 4 is 11.8 Å². The van der Waals surface area contributed by atoms with E-state index in [1.54, 1.807) is 19.1 Å². The highest BCUT2D eigenvalue weighted by molar-refractivity contribution is 5.75. The van der Waals surface area contributed by atoms with Gasteiger partial charge < -0.3 is 14.6 Å². The summed E-state index contributed by atoms with van der Waals surface area (Å²) in [4.78, 5) is 21.4. The topological polar surface area (TPSA) is 63.6 Å². The molecule has 92 valence electrons. The summed E-state index contributed by atoms with van der Waals surface area (Å²) in [5.41, 5.74) is 1.04. The summed E-state index contributed by atoms with van der Waals surface area (Å²) in [5.74, 6) is -0.318. The summed E-state index contributed by atoms with van der Waals surface area (Å²) < 4.78 is 5.19. The number of carbonyl (C=O) groups is 2. The minimum atomic E-state index is -0.995. The van der Waals surface area contributed by atoms with Crippen molar-refractivity contribution in [3.8, 4) is 5.75 Å². The zero-order valence-corrected chi connectivity index (χ0v) is 9.97. The minimum absolute atomic E-state index is 0.157. The predicted molar refractivity (Wildman–Crippen MR) is 63.2 cm³/mol. The van der Waals surface area contributed by atoms with Crippen molar-refractivity contribution in [1.82, 2.24) is 0 Å². The number of Topliss-reactive ketones (excluding diaryl/α,β-unsaturated/α-hetero) is 1. The van der Waals surface area contributed by atoms with Crippen LogP contribution in [-0.2, 0) is 16.0 Å². The molecule has 1 atom stereocenters. The molecule has 0 aliphatic carbocycles. The Bertz CT molecular complexity index is 394. The number of benzene rings is 1. The van der Waals surface area contributed by atoms with Crippen molar-refractivity contribution in [3.63, 3.8) is 0 Å². The smallest absolute Gasteiger partial charge is 0.344 e. The number of aliphatic carboxylic acids is 1. The molecule has 0 unspecified atom stereocenters. The average Bonchev–Trinajstić information content (AvgIpc) is 2.28. The molecule has 0 saturated carbocycles. The molecule has 1 N–H and O–H groups in total. The standard InChI is InChI=1S/C13H16O4/c1-9(14)3-4-11-5-7-12(8-6-11)17-10(2)13(15)16/h5-8,10H,3-4H2,1-2H3,(H,15,16)/t10-/m0/s1. The van der Waals surface area contributed by atoms with Crippen LogP contribution in [-0.4, -0.2) is 23.0 Å². The molecule has 0 aliphatic heterocycles. The van der Waals surface area contributed by atoms with E-state index in [9.17, 15) is 9.59 Å². The SMILES string of the molecule is CC(=O)CCc1ccc(O[C@@H](C)C(=O)O)cc1. The molecule has 0 aromatic heterocycles. The molecule has 17 heavy (non-hydrogen) atoms. The van der Waals surface area contributed by atoms with Gasteiger partial charge in [0.05, 0.1) is 0 Å². The van der Waals surface area contributed by atoms with Crippen molar-refractivity contribution in [1.29, 1.82) is 0 Å². The third-order valence-corrected chi connectivity index (χ3v) is 2.35. The predicted octanol–water partition coefficient (Wildman–Crippen LogP) is 2.06. The Kier molecular flexibility index (Phi) is 4.69. The molecular formula is C13H16O4. The van der Waals surface area contributed by atoms with Gasteiger partial charge in [0, 0.05) is 6.42 Å². The van der Waals surface area contributed by atoms with Crippen molar-refractivity contribution in [2.75, 3.05) is 0 Å². The maximum absolute atomic E-state index is 10.8. The Hall–Kier alpha value is -1.84. The van der Waals surface area contributed by atoms with Gasteiger partial charge in [0.15, 0.2) is 6.10 Å². The molecule has 0 amide bonds. The first-order valence-corrected chi connectivity index (χ1v) is 5.47. The number of carboxylic acids is 1. The van der Waals surface area contributed by atoms with Gasteiger partial charge in [-0.25, -0.2) is 4.79 Å². The van der Waals surface area contributed by atoms with Crippen molar-refractivity contribution in [2.24, 2.45) is 0 Å². The molecule has 0 fully saturated rings. The van der Waals surface area contributed by atoms with E-state index in [0.29, 0.717) is 18.6 Å². The average molecular weight is 236 g/mol. The number of rotatable bonds is 6. The normalized spacial score (nSPS) is 11.9. The summed E-state index contributed by atoms with van der Waals surface area (Å²) in [6.45, 7) is 3.04. The molecule has 0 aliphatic rings. The van der Waals surface area contributed by atoms with Crippen LogP contribution in [0.5, 0.6) is 5.75 Å². The molecule has 0 saturated heterocycles. The number of carboxylic acid groups (broad SMARTS) is 1. The summed E-state index contributed by atoms with van der Waals surface area (Å²) in [6, 6.07) is 7.11. The maximum atomic E-state index is 10.8. The van der Waals surface area contributed by atoms with E-state index < -0.39 is 12.1 Å². The number of hydrogen-bond donors (Lipinski definition) is 1. The third kappa shape index (κ3) is 4.68. The molecule has 0 heterocycles. The molecule has 1 rings (SSSR count). The second-order valence-electron chi connectivity index (χ2n) is 3.94. The largest absolute Gasteiger partial charge is 0.479 e. The van der Waals surface area contributed by atoms with Crippen molar-refractivity contribution in [2.45, 2.75) is 32.8 Å². The highest BCUT2D eigenvalue weighted by atomic mass is 16.5. The van der Waals surface area contributed by atoms with Gasteiger partial charge in [-0.05, 0) is 38.0 Å². The van der Waals surface area contributed by atoms with Crippen LogP contribution in [0.25, 0.3) is 0 Å². The molecule has 4 nitrogen and oxygen atoms in total. The van der Waals surface area contributed by atoms with Gasteiger partial charge in [0.1, 0.15) is 11.5 Å². The number of hydrogen-bond acceptors (Lipinski definition) is 3. The summed E-state index contributed by atoms with van der Waals surface area (Å²) >= 11 is 0. The van der Waals surface area contributed by atoms with Crippen LogP contribution in [0.2, 0.25) is 0 Å². The fourth-order valence-corrected chi connectivity index (χ4v) is 1.31. The van der Waals surface area contributed by atoms with E-state index in [1.807, 2.05) is 12.1 Å². The lowest BCUT2D eigenvalue weighted by atomic mass is 10.1. The van der Waals surface area contributed by atoms with E-state index in [0.717, 1.165) is 5.56 Å². The van der Waals surface area contributed by atoms with Crippen LogP contribution in [0.3, 0.4) is 0 Å². The molecule has 4 heteroatoms. The van der Waals surface area contributed by atoms with Crippen molar-refractivity contribution < 1.29 is 19.4 Å². The summed E-state index contributed by atoms with van der Waals surface area (Å²) in [7, 11) is 0. The minimum Gasteiger partial charge on any atom is -0.479 e. The molecule has 0 radical (unpaired) electrons. The van der Waals surface area contributed by atoms with Crippen molar-refractivity contribution in [3.05, 3.63) is 29.8 Å². The number of ketones is 1. The summed E-state index contributed by atoms with van der Waals surface area (Å²) in [6.07, 6.45) is 0.355. The van der Waals surface area contributed by atoms with Crippen LogP contribution in [0.4, 0.5) is 0 Å². The van der Waals surface area contributed by atoms with Crippen LogP contribution >= 0.6 is 0 Å². The van der Waals surface area contributed by atoms with Gasteiger partial charge in [-0.1, -0.05) is 12.1 Å². The van der Waals surface area contributed by atoms with Gasteiger partial charge in [0.2, 0.25) is 0 Å². The Balaban J connectivity index is 2.55. The quantitative estimate of drug-likeness (QED) is 0.821. The first-order valence-electron chi connectivity index (χ1n) is 5.47. The number of carbonyl (C=O) groups excluding carboxylic acids is 1. The van der Waals surface area contributed by atoms with Crippen LogP contribution < -0.4 is 4.74 Å². The van der Waals surface area contributed by atoms with Crippen LogP contribution in [0.1, 0.15) is 25.8 Å². The van der Waals surface area contributed by atoms with E-state index >= 15 is 0 Å². The lowest BCUT2D eigenvalue weighted by Gasteiger charge is -2.10.